The first-order valence-corrected chi connectivity index (χ1v) is 18.6. The summed E-state index contributed by atoms with van der Waals surface area (Å²) in [5, 5.41) is 33.7. The SMILES string of the molecule is COC1=CC2[C@@H]3[C@H](OC)c4c(COCOC5=CC6[C@@H]7[C@H](OC(C)=O)c8c(CO)cc(OC)c(O)c8[C@@]6(CC5=O)CN7C)cc(OC)c(O)c4[C@@]2(CC1=O)CN3C. The second kappa shape index (κ2) is 13.8. The summed E-state index contributed by atoms with van der Waals surface area (Å²) >= 11 is 0. The predicted octanol–water partition coefficient (Wildman–Crippen LogP) is 2.81. The number of aromatic hydroxyl groups is 2. The average molecular weight is 777 g/mol. The van der Waals surface area contributed by atoms with Gasteiger partial charge in [0.2, 0.25) is 0 Å². The van der Waals surface area contributed by atoms with Crippen LogP contribution in [0.25, 0.3) is 0 Å². The number of ketones is 2. The highest BCUT2D eigenvalue weighted by atomic mass is 16.7. The lowest BCUT2D eigenvalue weighted by Gasteiger charge is -2.46. The molecule has 4 bridgehead atoms. The fraction of sp³-hybridized carbons (Fsp3) is 0.537. The monoisotopic (exact) mass is 776 g/mol. The summed E-state index contributed by atoms with van der Waals surface area (Å²) in [6.07, 6.45) is 2.36. The van der Waals surface area contributed by atoms with Crippen molar-refractivity contribution in [2.24, 2.45) is 11.8 Å². The summed E-state index contributed by atoms with van der Waals surface area (Å²) < 4.78 is 40.9. The topological polar surface area (TPSA) is 183 Å². The molecule has 2 fully saturated rings. The van der Waals surface area contributed by atoms with Crippen LogP contribution in [0.1, 0.15) is 65.4 Å². The van der Waals surface area contributed by atoms with Gasteiger partial charge < -0.3 is 48.5 Å². The van der Waals surface area contributed by atoms with E-state index in [1.165, 1.54) is 34.3 Å². The number of likely N-dealkylation sites (tertiary alicyclic amines) is 2. The summed E-state index contributed by atoms with van der Waals surface area (Å²) in [6.45, 7) is 1.48. The minimum Gasteiger partial charge on any atom is -0.504 e. The van der Waals surface area contributed by atoms with Crippen LogP contribution in [-0.4, -0.2) is 117 Å². The Bertz CT molecular complexity index is 2080. The second-order valence-electron chi connectivity index (χ2n) is 15.8. The maximum absolute atomic E-state index is 14.0. The number of hydrogen-bond acceptors (Lipinski definition) is 15. The van der Waals surface area contributed by atoms with Crippen LogP contribution in [0.2, 0.25) is 0 Å². The number of methoxy groups -OCH3 is 4. The molecule has 2 aliphatic heterocycles. The van der Waals surface area contributed by atoms with Gasteiger partial charge in [-0.05, 0) is 55.1 Å². The van der Waals surface area contributed by atoms with E-state index >= 15 is 0 Å². The number of aliphatic hydroxyl groups excluding tert-OH is 1. The van der Waals surface area contributed by atoms with Gasteiger partial charge in [0.15, 0.2) is 52.9 Å². The lowest BCUT2D eigenvalue weighted by molar-refractivity contribution is -0.151. The number of esters is 1. The molecule has 300 valence electrons. The molecule has 6 aliphatic rings. The van der Waals surface area contributed by atoms with Crippen LogP contribution < -0.4 is 9.47 Å². The summed E-state index contributed by atoms with van der Waals surface area (Å²) in [6, 6.07) is 2.64. The Morgan fingerprint density at radius 2 is 1.30 bits per heavy atom. The van der Waals surface area contributed by atoms with E-state index in [0.717, 1.165) is 5.56 Å². The van der Waals surface area contributed by atoms with E-state index in [9.17, 15) is 29.7 Å². The average Bonchev–Trinajstić information content (AvgIpc) is 3.52. The van der Waals surface area contributed by atoms with Crippen LogP contribution in [0.3, 0.4) is 0 Å². The zero-order chi connectivity index (χ0) is 40.0. The molecule has 2 unspecified atom stereocenters. The highest BCUT2D eigenvalue weighted by Gasteiger charge is 2.65. The number of aliphatic hydroxyl groups is 1. The number of fused-ring (bicyclic) bond motifs is 2. The van der Waals surface area contributed by atoms with Crippen LogP contribution in [-0.2, 0) is 62.1 Å². The van der Waals surface area contributed by atoms with E-state index in [2.05, 4.69) is 4.90 Å². The van der Waals surface area contributed by atoms with Gasteiger partial charge in [-0.15, -0.1) is 0 Å². The number of rotatable bonds is 11. The number of phenolic OH excluding ortho intramolecular Hbond substituents is 2. The van der Waals surface area contributed by atoms with E-state index in [0.29, 0.717) is 46.7 Å². The van der Waals surface area contributed by atoms with Gasteiger partial charge in [0.1, 0.15) is 6.10 Å². The van der Waals surface area contributed by atoms with Gasteiger partial charge in [-0.3, -0.25) is 24.2 Å². The minimum absolute atomic E-state index is 0.00280. The Labute approximate surface area is 324 Å². The molecule has 8 atom stereocenters. The summed E-state index contributed by atoms with van der Waals surface area (Å²) in [7, 11) is 9.84. The molecule has 0 saturated carbocycles. The molecule has 56 heavy (non-hydrogen) atoms. The molecule has 2 aromatic rings. The Kier molecular flexibility index (Phi) is 9.39. The van der Waals surface area contributed by atoms with Gasteiger partial charge in [-0.1, -0.05) is 0 Å². The zero-order valence-electron chi connectivity index (χ0n) is 32.5. The molecule has 15 nitrogen and oxygen atoms in total. The number of allylic oxidation sites excluding steroid dienone is 2. The van der Waals surface area contributed by atoms with Crippen molar-refractivity contribution >= 4 is 17.5 Å². The van der Waals surface area contributed by atoms with Crippen LogP contribution in [0, 0.1) is 11.8 Å². The third kappa shape index (κ3) is 5.24. The van der Waals surface area contributed by atoms with Crippen LogP contribution in [0.4, 0.5) is 0 Å². The third-order valence-electron chi connectivity index (χ3n) is 13.2. The quantitative estimate of drug-likeness (QED) is 0.172. The van der Waals surface area contributed by atoms with E-state index in [-0.39, 0.29) is 78.5 Å². The molecular weight excluding hydrogens is 728 g/mol. The summed E-state index contributed by atoms with van der Waals surface area (Å²) in [5.74, 6) is -1.04. The largest absolute Gasteiger partial charge is 0.504 e. The van der Waals surface area contributed by atoms with Crippen molar-refractivity contribution < 1.29 is 62.9 Å². The van der Waals surface area contributed by atoms with Crippen molar-refractivity contribution in [2.75, 3.05) is 62.4 Å². The maximum Gasteiger partial charge on any atom is 0.303 e. The molecule has 2 heterocycles. The van der Waals surface area contributed by atoms with E-state index in [1.807, 2.05) is 25.1 Å². The molecule has 8 rings (SSSR count). The van der Waals surface area contributed by atoms with Crippen molar-refractivity contribution in [2.45, 2.75) is 68.1 Å². The van der Waals surface area contributed by atoms with Crippen LogP contribution >= 0.6 is 0 Å². The van der Waals surface area contributed by atoms with Gasteiger partial charge >= 0.3 is 5.97 Å². The summed E-state index contributed by atoms with van der Waals surface area (Å²) in [5.41, 5.74) is 1.67. The fourth-order valence-corrected chi connectivity index (χ4v) is 11.3. The molecule has 15 heteroatoms. The number of benzene rings is 2. The number of likely N-dealkylation sites (N-methyl/N-ethyl adjacent to an activating group) is 2. The standard InChI is InChI=1S/C41H48N2O13/c1-19(45)56-39-30-20(14-44)8-28(51-5)36(48)32(30)41-13-25(47)27(11-23(41)35(39)43(3)17-41)55-18-54-15-21-9-29(52-6)37(49)33-31(21)38(53-7)34-22-10-26(50-4)24(46)12-40(22,33)16-42(34)2/h8-11,22-23,34-35,38-39,44,48-49H,12-18H2,1-7H3/t22?,23?,34-,35-,38-,39-,40+,41+/m1/s1. The number of carbonyl (C=O) groups excluding carboxylic acids is 3. The van der Waals surface area contributed by atoms with Gasteiger partial charge in [-0.25, -0.2) is 0 Å². The van der Waals surface area contributed by atoms with E-state index in [1.54, 1.807) is 19.3 Å². The second-order valence-corrected chi connectivity index (χ2v) is 15.8. The number of carbonyl (C=O) groups is 3. The molecule has 0 radical (unpaired) electrons. The number of ether oxygens (including phenoxy) is 7. The minimum atomic E-state index is -0.918. The van der Waals surface area contributed by atoms with Gasteiger partial charge in [-0.2, -0.15) is 0 Å². The van der Waals surface area contributed by atoms with Crippen molar-refractivity contribution in [3.05, 3.63) is 69.2 Å². The van der Waals surface area contributed by atoms with E-state index in [4.69, 9.17) is 33.2 Å². The molecule has 0 spiro atoms. The highest BCUT2D eigenvalue weighted by Crippen LogP contribution is 2.64. The number of nitrogens with zero attached hydrogens (tertiary/aromatic N) is 2. The molecule has 2 saturated heterocycles. The highest BCUT2D eigenvalue weighted by molar-refractivity contribution is 5.97. The molecule has 2 aromatic carbocycles. The molecule has 4 aliphatic carbocycles. The Balaban J connectivity index is 1.11. The molecular formula is C41H48N2O13. The first-order valence-electron chi connectivity index (χ1n) is 18.6. The Morgan fingerprint density at radius 1 is 0.786 bits per heavy atom. The lowest BCUT2D eigenvalue weighted by Crippen LogP contribution is -2.48. The fourth-order valence-electron chi connectivity index (χ4n) is 11.3. The van der Waals surface area contributed by atoms with Crippen molar-refractivity contribution in [3.63, 3.8) is 0 Å². The first-order chi connectivity index (χ1) is 26.8. The van der Waals surface area contributed by atoms with Crippen molar-refractivity contribution in [1.82, 2.24) is 9.80 Å². The molecule has 0 amide bonds. The molecule has 0 aromatic heterocycles. The Hall–Kier alpha value is -4.67. The number of hydrogen-bond donors (Lipinski definition) is 3. The predicted molar refractivity (Wildman–Crippen MR) is 196 cm³/mol. The third-order valence-corrected chi connectivity index (χ3v) is 13.2. The summed E-state index contributed by atoms with van der Waals surface area (Å²) in [4.78, 5) is 44.0. The normalized spacial score (nSPS) is 31.4. The Morgan fingerprint density at radius 3 is 1.82 bits per heavy atom. The van der Waals surface area contributed by atoms with Crippen molar-refractivity contribution in [1.29, 1.82) is 0 Å². The lowest BCUT2D eigenvalue weighted by atomic mass is 9.58. The number of Topliss-reactive ketones (excluding diaryl/α,β-unsaturated/α-hetero) is 2. The van der Waals surface area contributed by atoms with Crippen LogP contribution in [0.5, 0.6) is 23.0 Å². The maximum atomic E-state index is 14.0. The van der Waals surface area contributed by atoms with Crippen molar-refractivity contribution in [3.8, 4) is 23.0 Å². The molecule has 3 N–H and O–H groups in total. The first kappa shape index (κ1) is 38.2. The number of phenols is 2. The van der Waals surface area contributed by atoms with E-state index < -0.39 is 47.6 Å². The zero-order valence-corrected chi connectivity index (χ0v) is 32.5. The van der Waals surface area contributed by atoms with Gasteiger partial charge in [0.05, 0.1) is 46.7 Å². The van der Waals surface area contributed by atoms with Gasteiger partial charge in [0.25, 0.3) is 0 Å². The smallest absolute Gasteiger partial charge is 0.303 e. The van der Waals surface area contributed by atoms with Crippen LogP contribution in [0.15, 0.2) is 35.8 Å². The van der Waals surface area contributed by atoms with Gasteiger partial charge in [0, 0.05) is 85.4 Å².